The number of benzene rings is 1. The Bertz CT molecular complexity index is 759. The van der Waals surface area contributed by atoms with Crippen LogP contribution in [0.15, 0.2) is 56.3 Å². The van der Waals surface area contributed by atoms with Crippen LogP contribution in [0.3, 0.4) is 0 Å². The van der Waals surface area contributed by atoms with Gasteiger partial charge in [0.25, 0.3) is 5.89 Å². The van der Waals surface area contributed by atoms with Crippen LogP contribution in [0.5, 0.6) is 5.75 Å². The van der Waals surface area contributed by atoms with Crippen LogP contribution in [0.4, 0.5) is 4.39 Å². The molecule has 108 valence electrons. The number of ether oxygens (including phenoxy) is 1. The van der Waals surface area contributed by atoms with Crippen molar-refractivity contribution in [2.75, 3.05) is 6.61 Å². The van der Waals surface area contributed by atoms with Crippen molar-refractivity contribution in [3.63, 3.8) is 0 Å². The molecule has 0 N–H and O–H groups in total. The van der Waals surface area contributed by atoms with E-state index in [9.17, 15) is 9.18 Å². The smallest absolute Gasteiger partial charge is 0.437 e. The van der Waals surface area contributed by atoms with E-state index >= 15 is 0 Å². The Morgan fingerprint density at radius 2 is 2.05 bits per heavy atom. The molecule has 0 amide bonds. The zero-order valence-corrected chi connectivity index (χ0v) is 10.9. The fourth-order valence-corrected chi connectivity index (χ4v) is 1.73. The molecule has 0 unspecified atom stereocenters. The van der Waals surface area contributed by atoms with E-state index < -0.39 is 5.76 Å². The van der Waals surface area contributed by atoms with Crippen LogP contribution >= 0.6 is 0 Å². The van der Waals surface area contributed by atoms with E-state index in [1.54, 1.807) is 12.1 Å². The molecule has 3 rings (SSSR count). The van der Waals surface area contributed by atoms with E-state index in [1.165, 1.54) is 30.5 Å². The monoisotopic (exact) mass is 290 g/mol. The largest absolute Gasteiger partial charge is 0.492 e. The zero-order chi connectivity index (χ0) is 14.7. The van der Waals surface area contributed by atoms with Gasteiger partial charge in [-0.05, 0) is 36.4 Å². The van der Waals surface area contributed by atoms with Gasteiger partial charge in [0.2, 0.25) is 0 Å². The van der Waals surface area contributed by atoms with Crippen molar-refractivity contribution in [1.29, 1.82) is 0 Å². The quantitative estimate of drug-likeness (QED) is 0.721. The molecule has 21 heavy (non-hydrogen) atoms. The fraction of sp³-hybridized carbons (Fsp3) is 0.143. The van der Waals surface area contributed by atoms with E-state index in [-0.39, 0.29) is 24.9 Å². The highest BCUT2D eigenvalue weighted by atomic mass is 19.1. The summed E-state index contributed by atoms with van der Waals surface area (Å²) in [5.74, 6) is 0.0820. The van der Waals surface area contributed by atoms with Crippen LogP contribution in [-0.4, -0.2) is 16.4 Å². The lowest BCUT2D eigenvalue weighted by atomic mass is 10.3. The summed E-state index contributed by atoms with van der Waals surface area (Å²) in [4.78, 5) is 11.6. The molecular weight excluding hydrogens is 279 g/mol. The molecule has 2 heterocycles. The summed E-state index contributed by atoms with van der Waals surface area (Å²) < 4.78 is 29.3. The topological polar surface area (TPSA) is 70.4 Å². The summed E-state index contributed by atoms with van der Waals surface area (Å²) in [5.41, 5.74) is 0. The Hall–Kier alpha value is -2.83. The second kappa shape index (κ2) is 5.66. The van der Waals surface area contributed by atoms with Crippen molar-refractivity contribution in [3.05, 3.63) is 59.0 Å². The summed E-state index contributed by atoms with van der Waals surface area (Å²) in [6.07, 6.45) is 1.46. The highest BCUT2D eigenvalue weighted by molar-refractivity contribution is 5.42. The molecule has 0 fully saturated rings. The molecule has 2 aromatic heterocycles. The molecule has 0 bridgehead atoms. The van der Waals surface area contributed by atoms with Crippen molar-refractivity contribution in [2.24, 2.45) is 0 Å². The molecule has 0 saturated heterocycles. The minimum Gasteiger partial charge on any atom is -0.492 e. The predicted octanol–water partition coefficient (Wildman–Crippen LogP) is 2.31. The van der Waals surface area contributed by atoms with Gasteiger partial charge in [0.05, 0.1) is 12.8 Å². The lowest BCUT2D eigenvalue weighted by Crippen LogP contribution is -2.20. The predicted molar refractivity (Wildman–Crippen MR) is 70.4 cm³/mol. The molecular formula is C14H11FN2O4. The number of halogens is 1. The minimum absolute atomic E-state index is 0.117. The summed E-state index contributed by atoms with van der Waals surface area (Å²) in [7, 11) is 0. The zero-order valence-electron chi connectivity index (χ0n) is 10.9. The molecule has 3 aromatic rings. The average Bonchev–Trinajstić information content (AvgIpc) is 3.11. The number of nitrogens with zero attached hydrogens (tertiary/aromatic N) is 2. The van der Waals surface area contributed by atoms with Gasteiger partial charge in [0.1, 0.15) is 18.2 Å². The van der Waals surface area contributed by atoms with Crippen molar-refractivity contribution in [2.45, 2.75) is 6.54 Å². The Labute approximate surface area is 118 Å². The van der Waals surface area contributed by atoms with Crippen molar-refractivity contribution in [1.82, 2.24) is 9.78 Å². The van der Waals surface area contributed by atoms with E-state index in [0.717, 1.165) is 4.68 Å². The molecule has 0 radical (unpaired) electrons. The van der Waals surface area contributed by atoms with E-state index in [4.69, 9.17) is 13.6 Å². The van der Waals surface area contributed by atoms with Gasteiger partial charge in [0, 0.05) is 0 Å². The normalized spacial score (nSPS) is 10.7. The molecule has 1 aromatic carbocycles. The third kappa shape index (κ3) is 3.02. The number of hydrogen-bond acceptors (Lipinski definition) is 5. The number of rotatable bonds is 5. The van der Waals surface area contributed by atoms with Crippen molar-refractivity contribution in [3.8, 4) is 17.4 Å². The van der Waals surface area contributed by atoms with E-state index in [0.29, 0.717) is 11.5 Å². The van der Waals surface area contributed by atoms with Crippen LogP contribution in [0, 0.1) is 5.82 Å². The molecule has 0 aliphatic heterocycles. The van der Waals surface area contributed by atoms with Gasteiger partial charge >= 0.3 is 5.76 Å². The van der Waals surface area contributed by atoms with Gasteiger partial charge in [-0.15, -0.1) is 5.10 Å². The van der Waals surface area contributed by atoms with Crippen LogP contribution in [-0.2, 0) is 6.54 Å². The van der Waals surface area contributed by atoms with Gasteiger partial charge in [-0.3, -0.25) is 0 Å². The van der Waals surface area contributed by atoms with Crippen LogP contribution in [0.25, 0.3) is 11.7 Å². The molecule has 6 nitrogen and oxygen atoms in total. The van der Waals surface area contributed by atoms with Gasteiger partial charge in [0.15, 0.2) is 5.76 Å². The number of hydrogen-bond donors (Lipinski definition) is 0. The standard InChI is InChI=1S/C14H11FN2O4/c15-10-3-5-11(6-4-10)19-9-7-17-14(18)21-13(16-17)12-2-1-8-20-12/h1-6,8H,7,9H2. The van der Waals surface area contributed by atoms with Gasteiger partial charge in [-0.2, -0.15) is 4.68 Å². The molecule has 0 spiro atoms. The lowest BCUT2D eigenvalue weighted by molar-refractivity contribution is 0.285. The first-order valence-electron chi connectivity index (χ1n) is 6.22. The van der Waals surface area contributed by atoms with E-state index in [2.05, 4.69) is 5.10 Å². The second-order valence-corrected chi connectivity index (χ2v) is 4.18. The summed E-state index contributed by atoms with van der Waals surface area (Å²) in [6.45, 7) is 0.413. The molecule has 7 heteroatoms. The molecule has 0 saturated carbocycles. The SMILES string of the molecule is O=c1oc(-c2ccco2)nn1CCOc1ccc(F)cc1. The summed E-state index contributed by atoms with van der Waals surface area (Å²) >= 11 is 0. The minimum atomic E-state index is -0.593. The van der Waals surface area contributed by atoms with Crippen molar-refractivity contribution < 1.29 is 18.0 Å². The number of furan rings is 1. The van der Waals surface area contributed by atoms with Gasteiger partial charge < -0.3 is 13.6 Å². The second-order valence-electron chi connectivity index (χ2n) is 4.18. The highest BCUT2D eigenvalue weighted by Crippen LogP contribution is 2.15. The number of aromatic nitrogens is 2. The lowest BCUT2D eigenvalue weighted by Gasteiger charge is -2.04. The summed E-state index contributed by atoms with van der Waals surface area (Å²) in [5, 5.41) is 4.00. The maximum absolute atomic E-state index is 12.7. The first kappa shape index (κ1) is 13.2. The summed E-state index contributed by atoms with van der Waals surface area (Å²) in [6, 6.07) is 8.93. The molecule has 0 atom stereocenters. The molecule has 0 aliphatic carbocycles. The fourth-order valence-electron chi connectivity index (χ4n) is 1.73. The first-order valence-corrected chi connectivity index (χ1v) is 6.22. The molecule has 0 aliphatic rings. The van der Waals surface area contributed by atoms with Crippen LogP contribution < -0.4 is 10.5 Å². The van der Waals surface area contributed by atoms with Crippen molar-refractivity contribution >= 4 is 0 Å². The first-order chi connectivity index (χ1) is 10.2. The van der Waals surface area contributed by atoms with Gasteiger partial charge in [-0.1, -0.05) is 0 Å². The maximum atomic E-state index is 12.7. The Morgan fingerprint density at radius 1 is 1.24 bits per heavy atom. The Morgan fingerprint density at radius 3 is 2.76 bits per heavy atom. The highest BCUT2D eigenvalue weighted by Gasteiger charge is 2.12. The Kier molecular flexibility index (Phi) is 3.55. The van der Waals surface area contributed by atoms with Crippen LogP contribution in [0.2, 0.25) is 0 Å². The van der Waals surface area contributed by atoms with Crippen LogP contribution in [0.1, 0.15) is 0 Å². The average molecular weight is 290 g/mol. The third-order valence-electron chi connectivity index (χ3n) is 2.72. The maximum Gasteiger partial charge on any atom is 0.437 e. The van der Waals surface area contributed by atoms with Gasteiger partial charge in [-0.25, -0.2) is 9.18 Å². The van der Waals surface area contributed by atoms with E-state index in [1.807, 2.05) is 0 Å². The third-order valence-corrected chi connectivity index (χ3v) is 2.72. The Balaban J connectivity index is 1.63.